The van der Waals surface area contributed by atoms with Gasteiger partial charge in [0.15, 0.2) is 0 Å². The lowest BCUT2D eigenvalue weighted by Gasteiger charge is -2.19. The van der Waals surface area contributed by atoms with Crippen molar-refractivity contribution < 1.29 is 9.47 Å². The molecule has 1 aromatic carbocycles. The van der Waals surface area contributed by atoms with Gasteiger partial charge in [0.05, 0.1) is 13.2 Å². The van der Waals surface area contributed by atoms with E-state index in [1.54, 1.807) is 0 Å². The van der Waals surface area contributed by atoms with Gasteiger partial charge in [-0.15, -0.1) is 0 Å². The minimum absolute atomic E-state index is 0.192. The minimum atomic E-state index is 0.192. The van der Waals surface area contributed by atoms with Gasteiger partial charge >= 0.3 is 0 Å². The first-order valence-electron chi connectivity index (χ1n) is 6.83. The molecule has 0 aliphatic carbocycles. The summed E-state index contributed by atoms with van der Waals surface area (Å²) < 4.78 is 12.6. The van der Waals surface area contributed by atoms with E-state index in [0.29, 0.717) is 12.6 Å². The van der Waals surface area contributed by atoms with Crippen LogP contribution in [0.3, 0.4) is 0 Å². The zero-order chi connectivity index (χ0) is 13.8. The molecule has 0 aromatic heterocycles. The molecule has 1 atom stereocenters. The number of benzene rings is 1. The van der Waals surface area contributed by atoms with E-state index >= 15 is 0 Å². The Kier molecular flexibility index (Phi) is 5.25. The maximum Gasteiger partial charge on any atom is 0.127 e. The molecule has 1 unspecified atom stereocenters. The Bertz CT molecular complexity index is 428. The summed E-state index contributed by atoms with van der Waals surface area (Å²) in [6, 6.07) is 4.69. The number of halogens is 1. The molecule has 1 aliphatic heterocycles. The lowest BCUT2D eigenvalue weighted by atomic mass is 10.1. The van der Waals surface area contributed by atoms with Crippen LogP contribution in [0.1, 0.15) is 31.4 Å². The lowest BCUT2D eigenvalue weighted by Crippen LogP contribution is -2.23. The van der Waals surface area contributed by atoms with E-state index in [1.165, 1.54) is 11.1 Å². The fourth-order valence-electron chi connectivity index (χ4n) is 2.19. The zero-order valence-corrected chi connectivity index (χ0v) is 13.4. The second kappa shape index (κ2) is 6.73. The van der Waals surface area contributed by atoms with Crippen LogP contribution in [-0.2, 0) is 11.3 Å². The van der Waals surface area contributed by atoms with Crippen LogP contribution in [-0.4, -0.2) is 25.4 Å². The highest BCUT2D eigenvalue weighted by atomic mass is 79.9. The summed E-state index contributed by atoms with van der Waals surface area (Å²) >= 11 is 3.56. The van der Waals surface area contributed by atoms with Gasteiger partial charge in [-0.3, -0.25) is 0 Å². The van der Waals surface area contributed by atoms with E-state index in [9.17, 15) is 0 Å². The Hall–Kier alpha value is -0.580. The first kappa shape index (κ1) is 14.8. The summed E-state index contributed by atoms with van der Waals surface area (Å²) in [6.07, 6.45) is 1.17. The molecule has 2 rings (SSSR count). The molecule has 0 saturated carbocycles. The van der Waals surface area contributed by atoms with Crippen LogP contribution in [0.2, 0.25) is 0 Å². The molecular formula is C15H22BrNO2. The van der Waals surface area contributed by atoms with Crippen LogP contribution in [0.5, 0.6) is 5.75 Å². The van der Waals surface area contributed by atoms with Crippen LogP contribution in [0.15, 0.2) is 16.6 Å². The van der Waals surface area contributed by atoms with Crippen molar-refractivity contribution in [2.45, 2.75) is 45.9 Å². The number of nitrogens with one attached hydrogen (secondary N) is 1. The average molecular weight is 328 g/mol. The van der Waals surface area contributed by atoms with E-state index < -0.39 is 0 Å². The van der Waals surface area contributed by atoms with E-state index in [0.717, 1.165) is 29.8 Å². The molecule has 0 radical (unpaired) electrons. The Morgan fingerprint density at radius 1 is 1.47 bits per heavy atom. The molecule has 1 heterocycles. The fraction of sp³-hybridized carbons (Fsp3) is 0.600. The first-order valence-corrected chi connectivity index (χ1v) is 7.62. The SMILES string of the molecule is Cc1cc(Br)cc(CNC(C)C)c1OC1CCOC1. The molecule has 1 aliphatic rings. The van der Waals surface area contributed by atoms with Gasteiger partial charge in [-0.05, 0) is 24.6 Å². The van der Waals surface area contributed by atoms with E-state index in [4.69, 9.17) is 9.47 Å². The highest BCUT2D eigenvalue weighted by molar-refractivity contribution is 9.10. The van der Waals surface area contributed by atoms with Crippen molar-refractivity contribution in [3.63, 3.8) is 0 Å². The topological polar surface area (TPSA) is 30.5 Å². The Balaban J connectivity index is 2.17. The molecule has 0 spiro atoms. The molecular weight excluding hydrogens is 306 g/mol. The summed E-state index contributed by atoms with van der Waals surface area (Å²) in [7, 11) is 0. The summed E-state index contributed by atoms with van der Waals surface area (Å²) in [5.74, 6) is 1.01. The number of hydrogen-bond acceptors (Lipinski definition) is 3. The maximum atomic E-state index is 6.14. The van der Waals surface area contributed by atoms with Crippen molar-refractivity contribution in [1.82, 2.24) is 5.32 Å². The molecule has 106 valence electrons. The molecule has 0 bridgehead atoms. The van der Waals surface area contributed by atoms with Crippen molar-refractivity contribution in [3.8, 4) is 5.75 Å². The van der Waals surface area contributed by atoms with Gasteiger partial charge < -0.3 is 14.8 Å². The summed E-state index contributed by atoms with van der Waals surface area (Å²) in [6.45, 7) is 8.72. The number of rotatable bonds is 5. The monoisotopic (exact) mass is 327 g/mol. The molecule has 1 fully saturated rings. The summed E-state index contributed by atoms with van der Waals surface area (Å²) in [5, 5.41) is 3.45. The molecule has 4 heteroatoms. The third-order valence-electron chi connectivity index (χ3n) is 3.19. The van der Waals surface area contributed by atoms with Gasteiger partial charge in [-0.25, -0.2) is 0 Å². The third-order valence-corrected chi connectivity index (χ3v) is 3.65. The predicted molar refractivity (Wildman–Crippen MR) is 80.7 cm³/mol. The Morgan fingerprint density at radius 3 is 2.89 bits per heavy atom. The second-order valence-corrected chi connectivity index (χ2v) is 6.27. The van der Waals surface area contributed by atoms with Gasteiger partial charge in [0.2, 0.25) is 0 Å². The second-order valence-electron chi connectivity index (χ2n) is 5.35. The predicted octanol–water partition coefficient (Wildman–Crippen LogP) is 3.42. The average Bonchev–Trinajstić information content (AvgIpc) is 2.83. The van der Waals surface area contributed by atoms with Crippen molar-refractivity contribution in [2.24, 2.45) is 0 Å². The first-order chi connectivity index (χ1) is 9.06. The van der Waals surface area contributed by atoms with E-state index in [2.05, 4.69) is 54.2 Å². The van der Waals surface area contributed by atoms with Gasteiger partial charge in [0.1, 0.15) is 11.9 Å². The summed E-state index contributed by atoms with van der Waals surface area (Å²) in [5.41, 5.74) is 2.37. The van der Waals surface area contributed by atoms with Crippen molar-refractivity contribution >= 4 is 15.9 Å². The Morgan fingerprint density at radius 2 is 2.26 bits per heavy atom. The van der Waals surface area contributed by atoms with E-state index in [-0.39, 0.29) is 6.10 Å². The van der Waals surface area contributed by atoms with Crippen LogP contribution in [0, 0.1) is 6.92 Å². The lowest BCUT2D eigenvalue weighted by molar-refractivity contribution is 0.140. The van der Waals surface area contributed by atoms with Crippen LogP contribution >= 0.6 is 15.9 Å². The van der Waals surface area contributed by atoms with Gasteiger partial charge in [-0.2, -0.15) is 0 Å². The minimum Gasteiger partial charge on any atom is -0.487 e. The third kappa shape index (κ3) is 4.20. The molecule has 0 amide bonds. The molecule has 1 saturated heterocycles. The Labute approximate surface area is 123 Å². The van der Waals surface area contributed by atoms with Crippen molar-refractivity contribution in [2.75, 3.05) is 13.2 Å². The van der Waals surface area contributed by atoms with Crippen molar-refractivity contribution in [3.05, 3.63) is 27.7 Å². The van der Waals surface area contributed by atoms with Gasteiger partial charge in [0, 0.05) is 29.0 Å². The smallest absolute Gasteiger partial charge is 0.127 e. The normalized spacial score (nSPS) is 19.1. The van der Waals surface area contributed by atoms with Crippen LogP contribution in [0.25, 0.3) is 0 Å². The van der Waals surface area contributed by atoms with Crippen molar-refractivity contribution in [1.29, 1.82) is 0 Å². The molecule has 1 N–H and O–H groups in total. The number of hydrogen-bond donors (Lipinski definition) is 1. The molecule has 3 nitrogen and oxygen atoms in total. The fourth-order valence-corrected chi connectivity index (χ4v) is 2.81. The molecule has 1 aromatic rings. The van der Waals surface area contributed by atoms with Crippen LogP contribution < -0.4 is 10.1 Å². The quantitative estimate of drug-likeness (QED) is 0.898. The maximum absolute atomic E-state index is 6.14. The number of aryl methyl sites for hydroxylation is 1. The number of ether oxygens (including phenoxy) is 2. The summed E-state index contributed by atoms with van der Waals surface area (Å²) in [4.78, 5) is 0. The highest BCUT2D eigenvalue weighted by Crippen LogP contribution is 2.30. The van der Waals surface area contributed by atoms with Gasteiger partial charge in [-0.1, -0.05) is 29.8 Å². The standard InChI is InChI=1S/C15H22BrNO2/c1-10(2)17-8-12-7-13(16)6-11(3)15(12)19-14-4-5-18-9-14/h6-7,10,14,17H,4-5,8-9H2,1-3H3. The largest absolute Gasteiger partial charge is 0.487 e. The van der Waals surface area contributed by atoms with E-state index in [1.807, 2.05) is 0 Å². The van der Waals surface area contributed by atoms with Gasteiger partial charge in [0.25, 0.3) is 0 Å². The highest BCUT2D eigenvalue weighted by Gasteiger charge is 2.20. The molecule has 19 heavy (non-hydrogen) atoms. The zero-order valence-electron chi connectivity index (χ0n) is 11.8. The van der Waals surface area contributed by atoms with Crippen LogP contribution in [0.4, 0.5) is 0 Å².